The molecule has 0 fully saturated rings. The maximum atomic E-state index is 10.8. The van der Waals surface area contributed by atoms with Gasteiger partial charge in [0.05, 0.1) is 6.10 Å². The van der Waals surface area contributed by atoms with E-state index in [4.69, 9.17) is 10.2 Å². The molecule has 0 aliphatic heterocycles. The van der Waals surface area contributed by atoms with Crippen LogP contribution in [0.1, 0.15) is 6.42 Å². The first kappa shape index (κ1) is 11.7. The first-order valence-corrected chi connectivity index (χ1v) is 3.70. The molecule has 0 amide bonds. The van der Waals surface area contributed by atoms with Crippen LogP contribution in [-0.2, 0) is 9.59 Å². The highest BCUT2D eigenvalue weighted by Crippen LogP contribution is 2.02. The van der Waals surface area contributed by atoms with Gasteiger partial charge < -0.3 is 10.2 Å². The number of carbonyl (C=O) groups is 2. The van der Waals surface area contributed by atoms with Gasteiger partial charge in [-0.05, 0) is 12.2 Å². The van der Waals surface area contributed by atoms with Crippen molar-refractivity contribution in [2.75, 3.05) is 0 Å². The van der Waals surface area contributed by atoms with Crippen molar-refractivity contribution in [1.29, 1.82) is 0 Å². The molecular formula is C9H12O4. The summed E-state index contributed by atoms with van der Waals surface area (Å²) in [7, 11) is 0. The van der Waals surface area contributed by atoms with Crippen molar-refractivity contribution in [2.45, 2.75) is 18.6 Å². The zero-order chi connectivity index (χ0) is 10.4. The van der Waals surface area contributed by atoms with Crippen molar-refractivity contribution >= 4 is 11.6 Å². The Morgan fingerprint density at radius 1 is 1.23 bits per heavy atom. The Hall–Kier alpha value is -1.26. The minimum atomic E-state index is -1.58. The van der Waals surface area contributed by atoms with E-state index >= 15 is 0 Å². The summed E-state index contributed by atoms with van der Waals surface area (Å²) >= 11 is 0. The Morgan fingerprint density at radius 2 is 1.77 bits per heavy atom. The molecule has 0 heterocycles. The summed E-state index contributed by atoms with van der Waals surface area (Å²) in [5, 5.41) is 18.2. The van der Waals surface area contributed by atoms with Gasteiger partial charge >= 0.3 is 0 Å². The first-order valence-electron chi connectivity index (χ1n) is 3.70. The quantitative estimate of drug-likeness (QED) is 0.551. The number of ketones is 2. The molecular weight excluding hydrogens is 172 g/mol. The van der Waals surface area contributed by atoms with E-state index in [2.05, 4.69) is 13.2 Å². The lowest BCUT2D eigenvalue weighted by Gasteiger charge is -2.12. The van der Waals surface area contributed by atoms with Crippen molar-refractivity contribution < 1.29 is 19.8 Å². The van der Waals surface area contributed by atoms with Crippen LogP contribution in [-0.4, -0.2) is 34.0 Å². The van der Waals surface area contributed by atoms with Crippen molar-refractivity contribution in [3.05, 3.63) is 25.3 Å². The van der Waals surface area contributed by atoms with E-state index in [1.807, 2.05) is 0 Å². The number of carbonyl (C=O) groups excluding carboxylic acids is 2. The smallest absolute Gasteiger partial charge is 0.186 e. The van der Waals surface area contributed by atoms with Gasteiger partial charge in [-0.1, -0.05) is 13.2 Å². The molecule has 2 N–H and O–H groups in total. The fourth-order valence-corrected chi connectivity index (χ4v) is 0.711. The summed E-state index contributed by atoms with van der Waals surface area (Å²) in [5.41, 5.74) is 0. The molecule has 4 heteroatoms. The van der Waals surface area contributed by atoms with Gasteiger partial charge in [0.1, 0.15) is 6.10 Å². The predicted molar refractivity (Wildman–Crippen MR) is 47.0 cm³/mol. The van der Waals surface area contributed by atoms with Crippen LogP contribution in [0.4, 0.5) is 0 Å². The molecule has 0 aromatic heterocycles. The minimum absolute atomic E-state index is 0.315. The van der Waals surface area contributed by atoms with Gasteiger partial charge in [0, 0.05) is 6.42 Å². The van der Waals surface area contributed by atoms with Crippen LogP contribution >= 0.6 is 0 Å². The van der Waals surface area contributed by atoms with E-state index in [-0.39, 0.29) is 6.42 Å². The highest BCUT2D eigenvalue weighted by Gasteiger charge is 2.23. The summed E-state index contributed by atoms with van der Waals surface area (Å²) in [6.07, 6.45) is -1.37. The third kappa shape index (κ3) is 3.78. The standard InChI is InChI=1S/C9H12O4/c1-3-6(10)5-8(12)9(13)7(11)4-2/h3-4,8-9,12-13H,1-2,5H2. The maximum absolute atomic E-state index is 10.8. The monoisotopic (exact) mass is 184 g/mol. The van der Waals surface area contributed by atoms with Crippen LogP contribution < -0.4 is 0 Å². The molecule has 0 aromatic carbocycles. The number of aliphatic hydroxyl groups excluding tert-OH is 2. The molecule has 2 unspecified atom stereocenters. The molecule has 0 saturated carbocycles. The molecule has 0 saturated heterocycles. The molecule has 0 rings (SSSR count). The normalized spacial score (nSPS) is 14.3. The Balaban J connectivity index is 4.17. The van der Waals surface area contributed by atoms with E-state index in [1.54, 1.807) is 0 Å². The largest absolute Gasteiger partial charge is 0.389 e. The zero-order valence-electron chi connectivity index (χ0n) is 7.14. The fraction of sp³-hybridized carbons (Fsp3) is 0.333. The molecule has 0 radical (unpaired) electrons. The van der Waals surface area contributed by atoms with Gasteiger partial charge in [-0.2, -0.15) is 0 Å². The second-order valence-electron chi connectivity index (χ2n) is 2.49. The Labute approximate surface area is 76.2 Å². The molecule has 0 spiro atoms. The second kappa shape index (κ2) is 5.40. The summed E-state index contributed by atoms with van der Waals surface area (Å²) < 4.78 is 0. The molecule has 0 aliphatic carbocycles. The third-order valence-corrected chi connectivity index (χ3v) is 1.50. The van der Waals surface area contributed by atoms with Crippen molar-refractivity contribution in [1.82, 2.24) is 0 Å². The summed E-state index contributed by atoms with van der Waals surface area (Å²) in [5.74, 6) is -1.13. The van der Waals surface area contributed by atoms with Crippen LogP contribution in [0.25, 0.3) is 0 Å². The molecule has 0 aromatic rings. The topological polar surface area (TPSA) is 74.6 Å². The van der Waals surface area contributed by atoms with Crippen molar-refractivity contribution in [2.24, 2.45) is 0 Å². The fourth-order valence-electron chi connectivity index (χ4n) is 0.711. The number of hydrogen-bond acceptors (Lipinski definition) is 4. The zero-order valence-corrected chi connectivity index (χ0v) is 7.14. The average Bonchev–Trinajstić information content (AvgIpc) is 2.14. The summed E-state index contributed by atoms with van der Waals surface area (Å²) in [4.78, 5) is 21.5. The highest BCUT2D eigenvalue weighted by atomic mass is 16.3. The number of aliphatic hydroxyl groups is 2. The van der Waals surface area contributed by atoms with E-state index in [0.717, 1.165) is 12.2 Å². The third-order valence-electron chi connectivity index (χ3n) is 1.50. The molecule has 2 atom stereocenters. The molecule has 72 valence electrons. The second-order valence-corrected chi connectivity index (χ2v) is 2.49. The van der Waals surface area contributed by atoms with Crippen LogP contribution in [0.15, 0.2) is 25.3 Å². The lowest BCUT2D eigenvalue weighted by molar-refractivity contribution is -0.129. The van der Waals surface area contributed by atoms with Crippen LogP contribution in [0, 0.1) is 0 Å². The van der Waals surface area contributed by atoms with Gasteiger partial charge in [0.15, 0.2) is 11.6 Å². The summed E-state index contributed by atoms with van der Waals surface area (Å²) in [6.45, 7) is 6.33. The predicted octanol–water partition coefficient (Wildman–Crippen LogP) is -0.392. The van der Waals surface area contributed by atoms with Crippen LogP contribution in [0.3, 0.4) is 0 Å². The average molecular weight is 184 g/mol. The Kier molecular flexibility index (Phi) is 4.87. The van der Waals surface area contributed by atoms with Gasteiger partial charge in [-0.15, -0.1) is 0 Å². The lowest BCUT2D eigenvalue weighted by Crippen LogP contribution is -2.34. The van der Waals surface area contributed by atoms with Crippen molar-refractivity contribution in [3.63, 3.8) is 0 Å². The first-order chi connectivity index (χ1) is 6.02. The van der Waals surface area contributed by atoms with Gasteiger partial charge in [-0.3, -0.25) is 9.59 Å². The molecule has 13 heavy (non-hydrogen) atoms. The lowest BCUT2D eigenvalue weighted by atomic mass is 10.0. The maximum Gasteiger partial charge on any atom is 0.186 e. The van der Waals surface area contributed by atoms with E-state index < -0.39 is 23.8 Å². The van der Waals surface area contributed by atoms with E-state index in [9.17, 15) is 9.59 Å². The number of hydrogen-bond donors (Lipinski definition) is 2. The van der Waals surface area contributed by atoms with Crippen molar-refractivity contribution in [3.8, 4) is 0 Å². The van der Waals surface area contributed by atoms with E-state index in [0.29, 0.717) is 0 Å². The minimum Gasteiger partial charge on any atom is -0.389 e. The number of allylic oxidation sites excluding steroid dienone is 1. The molecule has 0 bridgehead atoms. The van der Waals surface area contributed by atoms with Crippen LogP contribution in [0.5, 0.6) is 0 Å². The van der Waals surface area contributed by atoms with Gasteiger partial charge in [-0.25, -0.2) is 0 Å². The Bertz CT molecular complexity index is 232. The Morgan fingerprint density at radius 3 is 2.15 bits per heavy atom. The number of rotatable bonds is 6. The highest BCUT2D eigenvalue weighted by molar-refractivity contribution is 5.95. The SMILES string of the molecule is C=CC(=O)CC(O)C(O)C(=O)C=C. The van der Waals surface area contributed by atoms with Gasteiger partial charge in [0.25, 0.3) is 0 Å². The van der Waals surface area contributed by atoms with E-state index in [1.165, 1.54) is 0 Å². The molecule has 4 nitrogen and oxygen atoms in total. The summed E-state index contributed by atoms with van der Waals surface area (Å²) in [6, 6.07) is 0. The van der Waals surface area contributed by atoms with Gasteiger partial charge in [0.2, 0.25) is 0 Å². The van der Waals surface area contributed by atoms with Crippen LogP contribution in [0.2, 0.25) is 0 Å². The molecule has 0 aliphatic rings.